The van der Waals surface area contributed by atoms with Crippen molar-refractivity contribution in [1.29, 1.82) is 0 Å². The lowest BCUT2D eigenvalue weighted by Crippen LogP contribution is -2.53. The fourth-order valence-corrected chi connectivity index (χ4v) is 4.97. The number of fused-ring (bicyclic) bond motifs is 2. The average molecular weight is 473 g/mol. The molecule has 0 aliphatic carbocycles. The number of benzene rings is 2. The second-order valence-corrected chi connectivity index (χ2v) is 9.22. The molecule has 2 aromatic carbocycles. The maximum absolute atomic E-state index is 15.1. The largest absolute Gasteiger partial charge is 0.371 e. The topological polar surface area (TPSA) is 73.9 Å². The van der Waals surface area contributed by atoms with Crippen LogP contribution in [0.2, 0.25) is 5.02 Å². The molecule has 2 N–H and O–H groups in total. The second-order valence-electron chi connectivity index (χ2n) is 8.79. The van der Waals surface area contributed by atoms with Gasteiger partial charge in [-0.3, -0.25) is 4.79 Å². The van der Waals surface area contributed by atoms with Crippen LogP contribution in [0.1, 0.15) is 25.7 Å². The smallest absolute Gasteiger partial charge is 0.319 e. The first-order chi connectivity index (χ1) is 16.0. The number of morpholine rings is 1. The first kappa shape index (κ1) is 22.0. The van der Waals surface area contributed by atoms with Crippen LogP contribution in [0.4, 0.5) is 26.2 Å². The highest BCUT2D eigenvalue weighted by Crippen LogP contribution is 2.32. The fourth-order valence-electron chi connectivity index (χ4n) is 4.84. The quantitative estimate of drug-likeness (QED) is 0.700. The van der Waals surface area contributed by atoms with Gasteiger partial charge in [0.25, 0.3) is 0 Å². The van der Waals surface area contributed by atoms with Gasteiger partial charge in [0.05, 0.1) is 17.9 Å². The Morgan fingerprint density at radius 2 is 1.79 bits per heavy atom. The first-order valence-corrected chi connectivity index (χ1v) is 11.7. The molecule has 3 heterocycles. The Bertz CT molecular complexity index is 1040. The molecule has 9 heteroatoms. The molecule has 7 nitrogen and oxygen atoms in total. The molecular formula is C24H26ClFN4O3. The highest BCUT2D eigenvalue weighted by atomic mass is 35.5. The van der Waals surface area contributed by atoms with Gasteiger partial charge in [-0.05, 0) is 68.1 Å². The molecule has 33 heavy (non-hydrogen) atoms. The molecule has 0 saturated carbocycles. The molecule has 174 valence electrons. The van der Waals surface area contributed by atoms with E-state index in [0.29, 0.717) is 30.1 Å². The van der Waals surface area contributed by atoms with Crippen LogP contribution in [0.15, 0.2) is 42.5 Å². The average Bonchev–Trinajstić information content (AvgIpc) is 3.14. The summed E-state index contributed by atoms with van der Waals surface area (Å²) in [6, 6.07) is 10.5. The van der Waals surface area contributed by atoms with Crippen LogP contribution < -0.4 is 20.4 Å². The SMILES string of the molecule is O=C(Nc1ccc(Cl)cc1)NC1CCCN(c2ccc(N3C[C@H]4CC[C@@H](C3)O4)cc2F)C1=O. The number of nitrogens with zero attached hydrogens (tertiary/aromatic N) is 2. The third kappa shape index (κ3) is 4.77. The normalized spacial score (nSPS) is 24.7. The van der Waals surface area contributed by atoms with Crippen LogP contribution in [-0.2, 0) is 9.53 Å². The summed E-state index contributed by atoms with van der Waals surface area (Å²) in [6.45, 7) is 1.92. The summed E-state index contributed by atoms with van der Waals surface area (Å²) in [5, 5.41) is 5.96. The number of hydrogen-bond donors (Lipinski definition) is 2. The molecule has 3 aliphatic heterocycles. The molecule has 5 rings (SSSR count). The third-order valence-electron chi connectivity index (χ3n) is 6.48. The number of carbonyl (C=O) groups is 2. The highest BCUT2D eigenvalue weighted by Gasteiger charge is 2.35. The molecule has 3 fully saturated rings. The van der Waals surface area contributed by atoms with E-state index in [0.717, 1.165) is 31.6 Å². The molecule has 2 bridgehead atoms. The first-order valence-electron chi connectivity index (χ1n) is 11.3. The summed E-state index contributed by atoms with van der Waals surface area (Å²) in [6.07, 6.45) is 3.67. The van der Waals surface area contributed by atoms with Crippen LogP contribution in [0.3, 0.4) is 0 Å². The Balaban J connectivity index is 1.25. The van der Waals surface area contributed by atoms with E-state index in [1.165, 1.54) is 11.0 Å². The van der Waals surface area contributed by atoms with Crippen molar-refractivity contribution in [2.75, 3.05) is 34.8 Å². The maximum atomic E-state index is 15.1. The lowest BCUT2D eigenvalue weighted by atomic mass is 10.0. The molecule has 3 amide bonds. The number of carbonyl (C=O) groups excluding carboxylic acids is 2. The zero-order valence-electron chi connectivity index (χ0n) is 18.1. The molecular weight excluding hydrogens is 447 g/mol. The van der Waals surface area contributed by atoms with Crippen LogP contribution in [-0.4, -0.2) is 49.8 Å². The zero-order chi connectivity index (χ0) is 22.9. The molecule has 3 atom stereocenters. The molecule has 2 aromatic rings. The van der Waals surface area contributed by atoms with E-state index in [-0.39, 0.29) is 23.8 Å². The van der Waals surface area contributed by atoms with Crippen LogP contribution in [0, 0.1) is 5.82 Å². The van der Waals surface area contributed by atoms with Gasteiger partial charge in [-0.2, -0.15) is 0 Å². The molecule has 0 aromatic heterocycles. The minimum absolute atomic E-state index is 0.209. The van der Waals surface area contributed by atoms with Crippen molar-refractivity contribution in [3.05, 3.63) is 53.3 Å². The number of anilines is 3. The Labute approximate surface area is 196 Å². The van der Waals surface area contributed by atoms with Crippen molar-refractivity contribution < 1.29 is 18.7 Å². The summed E-state index contributed by atoms with van der Waals surface area (Å²) in [4.78, 5) is 29.0. The highest BCUT2D eigenvalue weighted by molar-refractivity contribution is 6.30. The minimum atomic E-state index is -0.722. The van der Waals surface area contributed by atoms with Gasteiger partial charge in [0.1, 0.15) is 11.9 Å². The predicted molar refractivity (Wildman–Crippen MR) is 125 cm³/mol. The lowest BCUT2D eigenvalue weighted by molar-refractivity contribution is -0.121. The van der Waals surface area contributed by atoms with Crippen molar-refractivity contribution in [3.8, 4) is 0 Å². The van der Waals surface area contributed by atoms with Crippen molar-refractivity contribution in [3.63, 3.8) is 0 Å². The Morgan fingerprint density at radius 3 is 2.48 bits per heavy atom. The Morgan fingerprint density at radius 1 is 1.06 bits per heavy atom. The van der Waals surface area contributed by atoms with E-state index in [2.05, 4.69) is 15.5 Å². The maximum Gasteiger partial charge on any atom is 0.319 e. The van der Waals surface area contributed by atoms with Crippen molar-refractivity contribution >= 4 is 40.6 Å². The van der Waals surface area contributed by atoms with E-state index in [1.807, 2.05) is 6.07 Å². The molecule has 3 aliphatic rings. The van der Waals surface area contributed by atoms with Crippen molar-refractivity contribution in [1.82, 2.24) is 5.32 Å². The summed E-state index contributed by atoms with van der Waals surface area (Å²) < 4.78 is 21.0. The van der Waals surface area contributed by atoms with E-state index < -0.39 is 17.9 Å². The number of piperidine rings is 1. The number of halogens is 2. The second kappa shape index (κ2) is 9.19. The molecule has 1 unspecified atom stereocenters. The van der Waals surface area contributed by atoms with Gasteiger partial charge in [0, 0.05) is 36.0 Å². The van der Waals surface area contributed by atoms with Gasteiger partial charge in [-0.1, -0.05) is 11.6 Å². The fraction of sp³-hybridized carbons (Fsp3) is 0.417. The van der Waals surface area contributed by atoms with Gasteiger partial charge in [0.15, 0.2) is 0 Å². The number of hydrogen-bond acceptors (Lipinski definition) is 4. The summed E-state index contributed by atoms with van der Waals surface area (Å²) in [5.41, 5.74) is 1.61. The van der Waals surface area contributed by atoms with Crippen LogP contribution in [0.25, 0.3) is 0 Å². The van der Waals surface area contributed by atoms with E-state index in [1.54, 1.807) is 30.3 Å². The third-order valence-corrected chi connectivity index (χ3v) is 6.73. The van der Waals surface area contributed by atoms with Crippen LogP contribution >= 0.6 is 11.6 Å². The Kier molecular flexibility index (Phi) is 6.12. The van der Waals surface area contributed by atoms with E-state index >= 15 is 4.39 Å². The summed E-state index contributed by atoms with van der Waals surface area (Å²) in [5.74, 6) is -0.755. The van der Waals surface area contributed by atoms with Gasteiger partial charge < -0.3 is 25.2 Å². The monoisotopic (exact) mass is 472 g/mol. The molecule has 0 radical (unpaired) electrons. The predicted octanol–water partition coefficient (Wildman–Crippen LogP) is 4.16. The van der Waals surface area contributed by atoms with E-state index in [4.69, 9.17) is 16.3 Å². The summed E-state index contributed by atoms with van der Waals surface area (Å²) in [7, 11) is 0. The van der Waals surface area contributed by atoms with Crippen molar-refractivity contribution in [2.24, 2.45) is 0 Å². The van der Waals surface area contributed by atoms with Gasteiger partial charge >= 0.3 is 6.03 Å². The zero-order valence-corrected chi connectivity index (χ0v) is 18.9. The van der Waals surface area contributed by atoms with E-state index in [9.17, 15) is 9.59 Å². The number of rotatable bonds is 4. The number of amides is 3. The number of nitrogens with one attached hydrogen (secondary N) is 2. The summed E-state index contributed by atoms with van der Waals surface area (Å²) >= 11 is 5.86. The minimum Gasteiger partial charge on any atom is -0.371 e. The lowest BCUT2D eigenvalue weighted by Gasteiger charge is -2.35. The standard InChI is InChI=1S/C24H26ClFN4O3/c25-15-3-5-16(6-4-15)27-24(32)28-21-2-1-11-30(23(21)31)22-10-7-17(12-20(22)26)29-13-18-8-9-19(14-29)33-18/h3-7,10,12,18-19,21H,1-2,8-9,11,13-14H2,(H2,27,28,32)/t18-,19+,21?. The number of urea groups is 1. The van der Waals surface area contributed by atoms with Crippen LogP contribution in [0.5, 0.6) is 0 Å². The van der Waals surface area contributed by atoms with Crippen molar-refractivity contribution in [2.45, 2.75) is 43.9 Å². The van der Waals surface area contributed by atoms with Gasteiger partial charge in [-0.25, -0.2) is 9.18 Å². The molecule has 0 spiro atoms. The van der Waals surface area contributed by atoms with Gasteiger partial charge in [0.2, 0.25) is 5.91 Å². The molecule has 3 saturated heterocycles. The Hall–Kier alpha value is -2.84. The number of ether oxygens (including phenoxy) is 1. The van der Waals surface area contributed by atoms with Gasteiger partial charge in [-0.15, -0.1) is 0 Å².